The lowest BCUT2D eigenvalue weighted by atomic mass is 10.0. The van der Waals surface area contributed by atoms with E-state index in [0.29, 0.717) is 11.1 Å². The summed E-state index contributed by atoms with van der Waals surface area (Å²) in [5.74, 6) is 0.801. The fraction of sp³-hybridized carbons (Fsp3) is 0.647. The number of benzene rings is 1. The smallest absolute Gasteiger partial charge is 0.137 e. The van der Waals surface area contributed by atoms with Crippen LogP contribution >= 0.6 is 11.6 Å². The first kappa shape index (κ1) is 16.6. The van der Waals surface area contributed by atoms with Gasteiger partial charge in [0.25, 0.3) is 0 Å². The SMILES string of the molecule is CCNCc1ccc(OCCC2CCCCN2C)c(Cl)c1. The number of nitrogens with zero attached hydrogens (tertiary/aromatic N) is 1. The standard InChI is InChI=1S/C17H27ClN2O/c1-3-19-13-14-7-8-17(16(18)12-14)21-11-9-15-6-4-5-10-20(15)2/h7-8,12,15,19H,3-6,9-11,13H2,1-2H3. The van der Waals surface area contributed by atoms with Crippen molar-refractivity contribution in [3.8, 4) is 5.75 Å². The van der Waals surface area contributed by atoms with Crippen molar-refractivity contribution in [2.45, 2.75) is 45.2 Å². The third kappa shape index (κ3) is 5.17. The van der Waals surface area contributed by atoms with Crippen molar-refractivity contribution < 1.29 is 4.74 Å². The van der Waals surface area contributed by atoms with E-state index in [2.05, 4.69) is 30.3 Å². The molecule has 1 aromatic carbocycles. The van der Waals surface area contributed by atoms with Crippen LogP contribution in [-0.4, -0.2) is 37.7 Å². The summed E-state index contributed by atoms with van der Waals surface area (Å²) in [4.78, 5) is 2.45. The number of hydrogen-bond acceptors (Lipinski definition) is 3. The molecule has 1 aliphatic rings. The van der Waals surface area contributed by atoms with Crippen molar-refractivity contribution in [2.75, 3.05) is 26.7 Å². The van der Waals surface area contributed by atoms with Gasteiger partial charge in [-0.1, -0.05) is 31.0 Å². The van der Waals surface area contributed by atoms with Crippen molar-refractivity contribution in [1.82, 2.24) is 10.2 Å². The Bertz CT molecular complexity index is 439. The summed E-state index contributed by atoms with van der Waals surface area (Å²) in [6, 6.07) is 6.72. The molecule has 1 saturated heterocycles. The molecule has 118 valence electrons. The fourth-order valence-electron chi connectivity index (χ4n) is 2.85. The molecule has 0 saturated carbocycles. The minimum absolute atomic E-state index is 0.658. The topological polar surface area (TPSA) is 24.5 Å². The molecular formula is C17H27ClN2O. The lowest BCUT2D eigenvalue weighted by Gasteiger charge is -2.32. The summed E-state index contributed by atoms with van der Waals surface area (Å²) in [7, 11) is 2.21. The van der Waals surface area contributed by atoms with Crippen LogP contribution in [0.5, 0.6) is 5.75 Å². The normalized spacial score (nSPS) is 19.7. The zero-order chi connectivity index (χ0) is 15.1. The zero-order valence-corrected chi connectivity index (χ0v) is 14.0. The molecule has 21 heavy (non-hydrogen) atoms. The molecule has 0 amide bonds. The van der Waals surface area contributed by atoms with E-state index in [4.69, 9.17) is 16.3 Å². The maximum atomic E-state index is 6.30. The van der Waals surface area contributed by atoms with Crippen LogP contribution in [0.3, 0.4) is 0 Å². The van der Waals surface area contributed by atoms with Crippen molar-refractivity contribution in [3.05, 3.63) is 28.8 Å². The van der Waals surface area contributed by atoms with E-state index >= 15 is 0 Å². The highest BCUT2D eigenvalue weighted by molar-refractivity contribution is 6.32. The van der Waals surface area contributed by atoms with Crippen molar-refractivity contribution >= 4 is 11.6 Å². The number of halogens is 1. The van der Waals surface area contributed by atoms with Gasteiger partial charge < -0.3 is 15.0 Å². The zero-order valence-electron chi connectivity index (χ0n) is 13.2. The third-order valence-corrected chi connectivity index (χ3v) is 4.50. The van der Waals surface area contributed by atoms with Gasteiger partial charge in [-0.25, -0.2) is 0 Å². The van der Waals surface area contributed by atoms with Crippen LogP contribution in [0.1, 0.15) is 38.2 Å². The molecule has 2 rings (SSSR count). The molecule has 0 aromatic heterocycles. The predicted molar refractivity (Wildman–Crippen MR) is 89.2 cm³/mol. The second-order valence-electron chi connectivity index (χ2n) is 5.81. The van der Waals surface area contributed by atoms with Gasteiger partial charge in [-0.15, -0.1) is 0 Å². The molecule has 1 aromatic rings. The first-order valence-electron chi connectivity index (χ1n) is 8.03. The molecular weight excluding hydrogens is 284 g/mol. The van der Waals surface area contributed by atoms with Crippen LogP contribution in [0.15, 0.2) is 18.2 Å². The molecule has 4 heteroatoms. The molecule has 0 bridgehead atoms. The molecule has 1 fully saturated rings. The molecule has 0 radical (unpaired) electrons. The summed E-state index contributed by atoms with van der Waals surface area (Å²) in [6.45, 7) is 5.86. The first-order valence-corrected chi connectivity index (χ1v) is 8.40. The highest BCUT2D eigenvalue weighted by Gasteiger charge is 2.18. The fourth-order valence-corrected chi connectivity index (χ4v) is 3.11. The monoisotopic (exact) mass is 310 g/mol. The molecule has 1 atom stereocenters. The number of rotatable bonds is 7. The van der Waals surface area contributed by atoms with Crippen LogP contribution in [-0.2, 0) is 6.54 Å². The van der Waals surface area contributed by atoms with Crippen molar-refractivity contribution in [2.24, 2.45) is 0 Å². The predicted octanol–water partition coefficient (Wildman–Crippen LogP) is 3.70. The summed E-state index contributed by atoms with van der Waals surface area (Å²) < 4.78 is 5.87. The largest absolute Gasteiger partial charge is 0.492 e. The van der Waals surface area contributed by atoms with Gasteiger partial charge in [0.15, 0.2) is 0 Å². The van der Waals surface area contributed by atoms with E-state index in [-0.39, 0.29) is 0 Å². The van der Waals surface area contributed by atoms with Gasteiger partial charge in [0.1, 0.15) is 5.75 Å². The maximum Gasteiger partial charge on any atom is 0.137 e. The molecule has 0 spiro atoms. The Morgan fingerprint density at radius 1 is 1.38 bits per heavy atom. The number of ether oxygens (including phenoxy) is 1. The molecule has 1 heterocycles. The van der Waals surface area contributed by atoms with E-state index in [1.165, 1.54) is 31.4 Å². The van der Waals surface area contributed by atoms with E-state index in [9.17, 15) is 0 Å². The highest BCUT2D eigenvalue weighted by Crippen LogP contribution is 2.26. The first-order chi connectivity index (χ1) is 10.2. The van der Waals surface area contributed by atoms with Crippen LogP contribution in [0, 0.1) is 0 Å². The van der Waals surface area contributed by atoms with Crippen molar-refractivity contribution in [1.29, 1.82) is 0 Å². The van der Waals surface area contributed by atoms with Gasteiger partial charge in [0.2, 0.25) is 0 Å². The van der Waals surface area contributed by atoms with Crippen LogP contribution < -0.4 is 10.1 Å². The lowest BCUT2D eigenvalue weighted by Crippen LogP contribution is -2.37. The van der Waals surface area contributed by atoms with Crippen molar-refractivity contribution in [3.63, 3.8) is 0 Å². The molecule has 1 N–H and O–H groups in total. The van der Waals surface area contributed by atoms with E-state index in [1.54, 1.807) is 0 Å². The number of likely N-dealkylation sites (tertiary alicyclic amines) is 1. The maximum absolute atomic E-state index is 6.30. The van der Waals surface area contributed by atoms with E-state index < -0.39 is 0 Å². The summed E-state index contributed by atoms with van der Waals surface area (Å²) in [5, 5.41) is 4.01. The Balaban J connectivity index is 1.80. The van der Waals surface area contributed by atoms with Crippen LogP contribution in [0.2, 0.25) is 5.02 Å². The van der Waals surface area contributed by atoms with Gasteiger partial charge in [0.05, 0.1) is 11.6 Å². The Labute approximate surface area is 133 Å². The van der Waals surface area contributed by atoms with Gasteiger partial charge in [-0.3, -0.25) is 0 Å². The summed E-state index contributed by atoms with van der Waals surface area (Å²) in [5.41, 5.74) is 1.20. The Kier molecular flexibility index (Phi) is 6.81. The Hall–Kier alpha value is -0.770. The second-order valence-corrected chi connectivity index (χ2v) is 6.22. The average Bonchev–Trinajstić information content (AvgIpc) is 2.49. The highest BCUT2D eigenvalue weighted by atomic mass is 35.5. The third-order valence-electron chi connectivity index (χ3n) is 4.21. The van der Waals surface area contributed by atoms with Gasteiger partial charge in [-0.2, -0.15) is 0 Å². The Morgan fingerprint density at radius 3 is 2.95 bits per heavy atom. The second kappa shape index (κ2) is 8.62. The minimum Gasteiger partial charge on any atom is -0.492 e. The van der Waals surface area contributed by atoms with Crippen LogP contribution in [0.4, 0.5) is 0 Å². The lowest BCUT2D eigenvalue weighted by molar-refractivity contribution is 0.153. The molecule has 1 unspecified atom stereocenters. The minimum atomic E-state index is 0.658. The molecule has 3 nitrogen and oxygen atoms in total. The number of piperidine rings is 1. The molecule has 1 aliphatic heterocycles. The summed E-state index contributed by atoms with van der Waals surface area (Å²) in [6.07, 6.45) is 5.03. The Morgan fingerprint density at radius 2 is 2.24 bits per heavy atom. The van der Waals surface area contributed by atoms with E-state index in [1.807, 2.05) is 12.1 Å². The van der Waals surface area contributed by atoms with Crippen LogP contribution in [0.25, 0.3) is 0 Å². The van der Waals surface area contributed by atoms with Gasteiger partial charge in [-0.05, 0) is 57.1 Å². The summed E-state index contributed by atoms with van der Waals surface area (Å²) >= 11 is 6.30. The number of nitrogens with one attached hydrogen (secondary N) is 1. The van der Waals surface area contributed by atoms with Gasteiger partial charge in [0, 0.05) is 12.6 Å². The number of hydrogen-bond donors (Lipinski definition) is 1. The molecule has 0 aliphatic carbocycles. The van der Waals surface area contributed by atoms with E-state index in [0.717, 1.165) is 31.9 Å². The quantitative estimate of drug-likeness (QED) is 0.831. The van der Waals surface area contributed by atoms with Gasteiger partial charge >= 0.3 is 0 Å². The average molecular weight is 311 g/mol.